The number of halogens is 22. The van der Waals surface area contributed by atoms with E-state index in [9.17, 15) is 87.8 Å². The molecule has 0 aromatic rings. The van der Waals surface area contributed by atoms with Crippen molar-refractivity contribution in [3.05, 3.63) is 6.92 Å². The SMILES string of the molecule is CC(F)(F)C(F)(F)C(F)(F)C(F)(F)C(F)(F)CCI.CCCCCCCCC(F)(F)C(F)(F)C(F)(F)C(F)(F)C(C)(F)F.[CH2-]CCCCCCC.[Cl-].[Mg+2]. The van der Waals surface area contributed by atoms with Gasteiger partial charge in [-0.25, -0.2) is 0 Å². The van der Waals surface area contributed by atoms with Crippen molar-refractivity contribution in [2.75, 3.05) is 4.43 Å². The normalized spacial score (nSPS) is 13.9. The van der Waals surface area contributed by atoms with Crippen LogP contribution >= 0.6 is 22.6 Å². The Morgan fingerprint density at radius 2 is 0.660 bits per heavy atom. The van der Waals surface area contributed by atoms with Gasteiger partial charge in [0.1, 0.15) is 0 Å². The minimum Gasteiger partial charge on any atom is -1.00 e. The Balaban J connectivity index is -0.000000236. The van der Waals surface area contributed by atoms with Crippen LogP contribution < -0.4 is 12.4 Å². The molecule has 0 saturated carbocycles. The Morgan fingerprint density at radius 3 is 0.925 bits per heavy atom. The topological polar surface area (TPSA) is 0 Å². The molecule has 0 amide bonds. The first kappa shape index (κ1) is 62.6. The molecule has 23 heteroatoms. The van der Waals surface area contributed by atoms with Crippen LogP contribution in [0.4, 0.5) is 87.8 Å². The van der Waals surface area contributed by atoms with Crippen LogP contribution in [-0.2, 0) is 0 Å². The summed E-state index contributed by atoms with van der Waals surface area (Å²) in [7, 11) is 0. The van der Waals surface area contributed by atoms with E-state index in [1.165, 1.54) is 32.1 Å². The second kappa shape index (κ2) is 24.3. The standard InChI is InChI=1S/C14H20F10.C8H7F10I.C8H17.ClH.Mg/c1-3-4-5-6-7-8-9-11(17,18)13(21,22)14(23,24)12(19,20)10(2,15)16;1-4(9,10)6(13,14)8(17,18)7(15,16)5(11,12)2-3-19;1-3-5-7-8-6-4-2;;/h3-9H2,1-2H3;2-3H2,1H3;1,3-8H2,2H3;1H;/q;;-1;;+2/p-1. The van der Waals surface area contributed by atoms with Crippen molar-refractivity contribution < 1.29 is 100 Å². The first-order chi connectivity index (χ1) is 22.5. The second-order valence-corrected chi connectivity index (χ2v) is 12.9. The molecule has 0 N–H and O–H groups in total. The number of unbranched alkanes of at least 4 members (excludes halogenated alkanes) is 10. The smallest absolute Gasteiger partial charge is 1.00 e. The fraction of sp³-hybridized carbons (Fsp3) is 0.967. The number of alkyl halides is 21. The number of hydrogen-bond donors (Lipinski definition) is 0. The average molecular weight is 971 g/mol. The molecule has 0 spiro atoms. The molecular weight excluding hydrogens is 927 g/mol. The van der Waals surface area contributed by atoms with E-state index >= 15 is 0 Å². The fourth-order valence-corrected chi connectivity index (χ4v) is 4.42. The van der Waals surface area contributed by atoms with Crippen LogP contribution in [0.1, 0.15) is 118 Å². The first-order valence-corrected chi connectivity index (χ1v) is 17.2. The van der Waals surface area contributed by atoms with Gasteiger partial charge >= 0.3 is 82.3 Å². The van der Waals surface area contributed by atoms with E-state index in [4.69, 9.17) is 0 Å². The molecule has 0 rings (SSSR count). The molecular formula is C30H44ClF20IMg. The molecule has 0 aromatic heterocycles. The van der Waals surface area contributed by atoms with Gasteiger partial charge in [0.15, 0.2) is 0 Å². The minimum absolute atomic E-state index is 0. The van der Waals surface area contributed by atoms with E-state index in [-0.39, 0.29) is 41.9 Å². The van der Waals surface area contributed by atoms with Crippen molar-refractivity contribution in [1.82, 2.24) is 0 Å². The van der Waals surface area contributed by atoms with E-state index < -0.39 is 96.8 Å². The molecule has 0 saturated heterocycles. The van der Waals surface area contributed by atoms with Gasteiger partial charge in [-0.1, -0.05) is 101 Å². The van der Waals surface area contributed by atoms with Crippen molar-refractivity contribution in [2.45, 2.75) is 177 Å². The molecule has 53 heavy (non-hydrogen) atoms. The monoisotopic (exact) mass is 970 g/mol. The Bertz CT molecular complexity index is 947. The van der Waals surface area contributed by atoms with Crippen molar-refractivity contribution in [3.63, 3.8) is 0 Å². The van der Waals surface area contributed by atoms with Crippen LogP contribution in [-0.4, -0.2) is 86.7 Å². The molecule has 0 atom stereocenters. The summed E-state index contributed by atoms with van der Waals surface area (Å²) in [4.78, 5) is 0. The summed E-state index contributed by atoms with van der Waals surface area (Å²) in [5.41, 5.74) is 0. The molecule has 0 aliphatic carbocycles. The van der Waals surface area contributed by atoms with Crippen LogP contribution in [0.15, 0.2) is 0 Å². The summed E-state index contributed by atoms with van der Waals surface area (Å²) in [5, 5.41) is 0. The second-order valence-electron chi connectivity index (χ2n) is 11.9. The zero-order valence-electron chi connectivity index (χ0n) is 29.3. The van der Waals surface area contributed by atoms with Gasteiger partial charge in [0.05, 0.1) is 0 Å². The molecule has 0 aliphatic rings. The van der Waals surface area contributed by atoms with Crippen LogP contribution in [0, 0.1) is 6.92 Å². The third kappa shape index (κ3) is 16.3. The predicted octanol–water partition coefficient (Wildman–Crippen LogP) is 11.7. The zero-order valence-corrected chi connectivity index (χ0v) is 33.7. The molecule has 0 radical (unpaired) electrons. The molecule has 0 heterocycles. The van der Waals surface area contributed by atoms with E-state index in [1.54, 1.807) is 0 Å². The van der Waals surface area contributed by atoms with Crippen LogP contribution in [0.25, 0.3) is 0 Å². The van der Waals surface area contributed by atoms with E-state index in [0.717, 1.165) is 41.9 Å². The van der Waals surface area contributed by atoms with E-state index in [2.05, 4.69) is 13.8 Å². The van der Waals surface area contributed by atoms with Gasteiger partial charge in [-0.2, -0.15) is 94.2 Å². The molecule has 0 nitrogen and oxygen atoms in total. The van der Waals surface area contributed by atoms with Gasteiger partial charge in [-0.15, -0.1) is 0 Å². The van der Waals surface area contributed by atoms with Crippen molar-refractivity contribution in [1.29, 1.82) is 0 Å². The Kier molecular flexibility index (Phi) is 28.7. The first-order valence-electron chi connectivity index (χ1n) is 15.7. The largest absolute Gasteiger partial charge is 2.00 e. The van der Waals surface area contributed by atoms with Crippen LogP contribution in [0.3, 0.4) is 0 Å². The average Bonchev–Trinajstić information content (AvgIpc) is 2.96. The Morgan fingerprint density at radius 1 is 0.396 bits per heavy atom. The van der Waals surface area contributed by atoms with Crippen molar-refractivity contribution in [3.8, 4) is 0 Å². The van der Waals surface area contributed by atoms with Crippen molar-refractivity contribution in [2.24, 2.45) is 0 Å². The van der Waals surface area contributed by atoms with Gasteiger partial charge in [0, 0.05) is 31.1 Å². The summed E-state index contributed by atoms with van der Waals surface area (Å²) in [6.07, 6.45) is 6.31. The van der Waals surface area contributed by atoms with Gasteiger partial charge in [-0.05, 0) is 6.42 Å². The summed E-state index contributed by atoms with van der Waals surface area (Å²) in [6.45, 7) is 6.40. The van der Waals surface area contributed by atoms with E-state index in [1.807, 2.05) is 6.92 Å². The van der Waals surface area contributed by atoms with Crippen LogP contribution in [0.5, 0.6) is 0 Å². The number of hydrogen-bond acceptors (Lipinski definition) is 0. The third-order valence-corrected chi connectivity index (χ3v) is 7.74. The molecule has 0 unspecified atom stereocenters. The molecule has 0 aliphatic heterocycles. The maximum Gasteiger partial charge on any atom is 2.00 e. The third-order valence-electron chi connectivity index (χ3n) is 7.21. The molecule has 0 bridgehead atoms. The molecule has 320 valence electrons. The summed E-state index contributed by atoms with van der Waals surface area (Å²) in [6, 6.07) is 0. The zero-order chi connectivity index (χ0) is 41.6. The predicted molar refractivity (Wildman–Crippen MR) is 167 cm³/mol. The number of rotatable bonds is 22. The fourth-order valence-electron chi connectivity index (χ4n) is 3.75. The maximum atomic E-state index is 13.4. The van der Waals surface area contributed by atoms with Gasteiger partial charge in [0.25, 0.3) is 0 Å². The quantitative estimate of drug-likeness (QED) is 0.0253. The molecule has 0 aromatic carbocycles. The Hall–Kier alpha value is 0.386. The maximum absolute atomic E-state index is 13.4. The van der Waals surface area contributed by atoms with E-state index in [0.29, 0.717) is 12.8 Å². The van der Waals surface area contributed by atoms with Gasteiger partial charge < -0.3 is 19.3 Å². The molecule has 0 fully saturated rings. The van der Waals surface area contributed by atoms with Crippen molar-refractivity contribution >= 4 is 45.6 Å². The van der Waals surface area contributed by atoms with Gasteiger partial charge in [0.2, 0.25) is 0 Å². The van der Waals surface area contributed by atoms with Gasteiger partial charge in [-0.3, -0.25) is 0 Å². The summed E-state index contributed by atoms with van der Waals surface area (Å²) >= 11 is 1.12. The summed E-state index contributed by atoms with van der Waals surface area (Å²) in [5.74, 6) is -62.6. The van der Waals surface area contributed by atoms with Crippen LogP contribution in [0.2, 0.25) is 0 Å². The minimum atomic E-state index is -6.91. The Labute approximate surface area is 332 Å². The summed E-state index contributed by atoms with van der Waals surface area (Å²) < 4.78 is 257.